The van der Waals surface area contributed by atoms with E-state index in [9.17, 15) is 19.5 Å². The topological polar surface area (TPSA) is 117 Å². The molecule has 4 rings (SSSR count). The molecule has 42 heavy (non-hydrogen) atoms. The van der Waals surface area contributed by atoms with Crippen LogP contribution >= 0.6 is 11.6 Å². The number of carbonyl (C=O) groups is 3. The normalized spacial score (nSPS) is 29.6. The molecular weight excluding hydrogens is 558 g/mol. The minimum absolute atomic E-state index is 0.00934. The zero-order valence-corrected chi connectivity index (χ0v) is 26.8. The van der Waals surface area contributed by atoms with Gasteiger partial charge in [0, 0.05) is 36.0 Å². The number of carbonyl (C=O) groups excluding carboxylic acids is 3. The molecule has 3 fully saturated rings. The zero-order valence-electron chi connectivity index (χ0n) is 26.1. The first-order chi connectivity index (χ1) is 19.5. The van der Waals surface area contributed by atoms with Crippen molar-refractivity contribution in [2.75, 3.05) is 26.2 Å². The summed E-state index contributed by atoms with van der Waals surface area (Å²) < 4.78 is 11.5. The molecule has 0 bridgehead atoms. The number of benzene rings is 1. The summed E-state index contributed by atoms with van der Waals surface area (Å²) in [5.41, 5.74) is -2.22. The van der Waals surface area contributed by atoms with E-state index in [4.69, 9.17) is 21.1 Å². The molecule has 2 saturated heterocycles. The zero-order chi connectivity index (χ0) is 31.1. The van der Waals surface area contributed by atoms with E-state index in [0.717, 1.165) is 18.4 Å². The number of nitrogens with one attached hydrogen (secondary N) is 2. The Bertz CT molecular complexity index is 1170. The molecule has 234 valence electrons. The van der Waals surface area contributed by atoms with E-state index in [1.165, 1.54) is 0 Å². The summed E-state index contributed by atoms with van der Waals surface area (Å²) in [5, 5.41) is 18.3. The summed E-state index contributed by atoms with van der Waals surface area (Å²) in [6, 6.07) is 6.52. The molecule has 1 spiro atoms. The maximum atomic E-state index is 13.9. The molecule has 3 amide bonds. The first kappa shape index (κ1) is 32.6. The van der Waals surface area contributed by atoms with Gasteiger partial charge in [-0.3, -0.25) is 9.59 Å². The number of hydrogen-bond acceptors (Lipinski definition) is 6. The van der Waals surface area contributed by atoms with Crippen molar-refractivity contribution in [3.63, 3.8) is 0 Å². The number of aliphatic hydroxyl groups is 1. The lowest BCUT2D eigenvalue weighted by atomic mass is 9.66. The molecule has 1 aliphatic carbocycles. The molecule has 3 unspecified atom stereocenters. The molecule has 1 aromatic rings. The van der Waals surface area contributed by atoms with E-state index < -0.39 is 40.3 Å². The molecule has 3 N–H and O–H groups in total. The number of rotatable bonds is 7. The number of halogens is 1. The van der Waals surface area contributed by atoms with Gasteiger partial charge in [0.05, 0.1) is 23.7 Å². The largest absolute Gasteiger partial charge is 0.444 e. The lowest BCUT2D eigenvalue weighted by Gasteiger charge is -2.51. The summed E-state index contributed by atoms with van der Waals surface area (Å²) in [4.78, 5) is 41.6. The van der Waals surface area contributed by atoms with Crippen LogP contribution in [0.25, 0.3) is 0 Å². The average molecular weight is 606 g/mol. The van der Waals surface area contributed by atoms with E-state index in [1.807, 2.05) is 60.6 Å². The Morgan fingerprint density at radius 2 is 1.83 bits per heavy atom. The van der Waals surface area contributed by atoms with E-state index in [0.29, 0.717) is 44.1 Å². The average Bonchev–Trinajstić information content (AvgIpc) is 3.35. The van der Waals surface area contributed by atoms with Gasteiger partial charge in [-0.1, -0.05) is 51.4 Å². The van der Waals surface area contributed by atoms with E-state index in [1.54, 1.807) is 17.0 Å². The van der Waals surface area contributed by atoms with Crippen molar-refractivity contribution in [2.45, 2.75) is 97.0 Å². The van der Waals surface area contributed by atoms with Gasteiger partial charge in [-0.05, 0) is 70.1 Å². The van der Waals surface area contributed by atoms with Crippen LogP contribution in [0.5, 0.6) is 0 Å². The van der Waals surface area contributed by atoms with Crippen LogP contribution in [0.2, 0.25) is 5.02 Å². The third-order valence-corrected chi connectivity index (χ3v) is 9.67. The van der Waals surface area contributed by atoms with Crippen LogP contribution in [-0.4, -0.2) is 71.4 Å². The van der Waals surface area contributed by atoms with Crippen molar-refractivity contribution in [1.29, 1.82) is 0 Å². The summed E-state index contributed by atoms with van der Waals surface area (Å²) in [5.74, 6) is -0.876. The van der Waals surface area contributed by atoms with Gasteiger partial charge in [0.2, 0.25) is 11.8 Å². The lowest BCUT2D eigenvalue weighted by molar-refractivity contribution is -0.220. The van der Waals surface area contributed by atoms with Crippen molar-refractivity contribution in [2.24, 2.45) is 23.2 Å². The number of hydrogen-bond donors (Lipinski definition) is 3. The van der Waals surface area contributed by atoms with Gasteiger partial charge in [-0.2, -0.15) is 0 Å². The Balaban J connectivity index is 1.41. The minimum Gasteiger partial charge on any atom is -0.444 e. The summed E-state index contributed by atoms with van der Waals surface area (Å²) in [6.45, 7) is 14.8. The standard InChI is InChI=1S/C32H48ClN3O6/c1-20(2)25(27(38)36-16-15-32(40,30(6,7)19-36)21-10-12-23(33)13-11-21)35-26(37)24-9-8-14-31(24)22(18-41-31)17-34-28(39)42-29(3,4)5/h10-13,20,22,24-25,40H,8-9,14-19H2,1-7H3,(H,34,39)(H,35,37)/t22?,24?,25-,31?,32+/m1/s1. The monoisotopic (exact) mass is 605 g/mol. The Morgan fingerprint density at radius 3 is 2.38 bits per heavy atom. The molecule has 5 atom stereocenters. The van der Waals surface area contributed by atoms with Crippen molar-refractivity contribution in [3.8, 4) is 0 Å². The minimum atomic E-state index is -1.12. The lowest BCUT2D eigenvalue weighted by Crippen LogP contribution is -2.64. The van der Waals surface area contributed by atoms with Gasteiger partial charge in [0.1, 0.15) is 11.6 Å². The Morgan fingerprint density at radius 1 is 1.17 bits per heavy atom. The Hall–Kier alpha value is -2.36. The first-order valence-electron chi connectivity index (χ1n) is 15.2. The summed E-state index contributed by atoms with van der Waals surface area (Å²) in [6.07, 6.45) is 2.12. The fourth-order valence-corrected chi connectivity index (χ4v) is 7.04. The van der Waals surface area contributed by atoms with E-state index >= 15 is 0 Å². The Labute approximate surface area is 255 Å². The fraction of sp³-hybridized carbons (Fsp3) is 0.719. The van der Waals surface area contributed by atoms with Crippen LogP contribution in [0.1, 0.15) is 79.7 Å². The maximum absolute atomic E-state index is 13.9. The van der Waals surface area contributed by atoms with Crippen LogP contribution in [0.15, 0.2) is 24.3 Å². The number of nitrogens with zero attached hydrogens (tertiary/aromatic N) is 1. The van der Waals surface area contributed by atoms with Gasteiger partial charge in [-0.25, -0.2) is 4.79 Å². The van der Waals surface area contributed by atoms with Crippen LogP contribution in [0.3, 0.4) is 0 Å². The van der Waals surface area contributed by atoms with Crippen LogP contribution in [0.4, 0.5) is 4.79 Å². The van der Waals surface area contributed by atoms with Gasteiger partial charge < -0.3 is 30.1 Å². The highest BCUT2D eigenvalue weighted by Crippen LogP contribution is 2.50. The van der Waals surface area contributed by atoms with E-state index in [-0.39, 0.29) is 23.7 Å². The highest BCUT2D eigenvalue weighted by atomic mass is 35.5. The van der Waals surface area contributed by atoms with Crippen molar-refractivity contribution < 1.29 is 29.0 Å². The van der Waals surface area contributed by atoms with Crippen molar-refractivity contribution in [3.05, 3.63) is 34.9 Å². The molecule has 9 nitrogen and oxygen atoms in total. The van der Waals surface area contributed by atoms with Gasteiger partial charge in [0.25, 0.3) is 0 Å². The number of amides is 3. The fourth-order valence-electron chi connectivity index (χ4n) is 6.92. The van der Waals surface area contributed by atoms with Crippen LogP contribution in [-0.2, 0) is 24.7 Å². The summed E-state index contributed by atoms with van der Waals surface area (Å²) in [7, 11) is 0. The molecule has 1 saturated carbocycles. The molecule has 3 aliphatic rings. The van der Waals surface area contributed by atoms with Crippen molar-refractivity contribution in [1.82, 2.24) is 15.5 Å². The third kappa shape index (κ3) is 6.43. The second-order valence-corrected chi connectivity index (χ2v) is 14.7. The smallest absolute Gasteiger partial charge is 0.407 e. The third-order valence-electron chi connectivity index (χ3n) is 9.42. The second-order valence-electron chi connectivity index (χ2n) is 14.3. The molecular formula is C32H48ClN3O6. The molecule has 0 aromatic heterocycles. The quantitative estimate of drug-likeness (QED) is 0.417. The number of likely N-dealkylation sites (tertiary alicyclic amines) is 1. The highest BCUT2D eigenvalue weighted by molar-refractivity contribution is 6.30. The predicted octanol–water partition coefficient (Wildman–Crippen LogP) is 4.64. The number of piperidine rings is 1. The maximum Gasteiger partial charge on any atom is 0.407 e. The molecule has 2 heterocycles. The molecule has 1 aromatic carbocycles. The predicted molar refractivity (Wildman–Crippen MR) is 161 cm³/mol. The second kappa shape index (κ2) is 12.0. The number of alkyl carbamates (subject to hydrolysis) is 1. The Kier molecular flexibility index (Phi) is 9.27. The SMILES string of the molecule is CC(C)[C@@H](NC(=O)C1CCCC12OCC2CNC(=O)OC(C)(C)C)C(=O)N1CC[C@](O)(c2ccc(Cl)cc2)C(C)(C)C1. The van der Waals surface area contributed by atoms with Crippen LogP contribution < -0.4 is 10.6 Å². The number of ether oxygens (including phenoxy) is 2. The van der Waals surface area contributed by atoms with Gasteiger partial charge in [-0.15, -0.1) is 0 Å². The van der Waals surface area contributed by atoms with Crippen LogP contribution in [0, 0.1) is 23.2 Å². The highest BCUT2D eigenvalue weighted by Gasteiger charge is 2.59. The van der Waals surface area contributed by atoms with Crippen molar-refractivity contribution >= 4 is 29.5 Å². The first-order valence-corrected chi connectivity index (χ1v) is 15.6. The molecule has 10 heteroatoms. The molecule has 2 aliphatic heterocycles. The summed E-state index contributed by atoms with van der Waals surface area (Å²) >= 11 is 6.07. The van der Waals surface area contributed by atoms with Gasteiger partial charge >= 0.3 is 6.09 Å². The van der Waals surface area contributed by atoms with Gasteiger partial charge in [0.15, 0.2) is 0 Å². The van der Waals surface area contributed by atoms with E-state index in [2.05, 4.69) is 10.6 Å². The molecule has 0 radical (unpaired) electrons.